The summed E-state index contributed by atoms with van der Waals surface area (Å²) < 4.78 is 8.33. The molecule has 0 radical (unpaired) electrons. The van der Waals surface area contributed by atoms with Crippen LogP contribution in [0.3, 0.4) is 0 Å². The Balaban J connectivity index is 1.30. The molecule has 5 rings (SSSR count). The Morgan fingerprint density at radius 1 is 1.23 bits per heavy atom. The van der Waals surface area contributed by atoms with Crippen LogP contribution in [0.2, 0.25) is 0 Å². The van der Waals surface area contributed by atoms with E-state index >= 15 is 0 Å². The van der Waals surface area contributed by atoms with Gasteiger partial charge in [-0.1, -0.05) is 18.2 Å². The molecular formula is C22H25N7OS. The van der Waals surface area contributed by atoms with Gasteiger partial charge >= 0.3 is 0 Å². The number of nitrogens with one attached hydrogen (secondary N) is 1. The van der Waals surface area contributed by atoms with Crippen molar-refractivity contribution in [3.8, 4) is 0 Å². The van der Waals surface area contributed by atoms with Crippen LogP contribution in [0.25, 0.3) is 10.9 Å². The number of benzene rings is 1. The first-order valence-electron chi connectivity index (χ1n) is 10.3. The fourth-order valence-electron chi connectivity index (χ4n) is 4.08. The highest BCUT2D eigenvalue weighted by Gasteiger charge is 2.21. The van der Waals surface area contributed by atoms with Gasteiger partial charge in [0.25, 0.3) is 5.91 Å². The molecule has 1 aliphatic heterocycles. The first-order valence-corrected chi connectivity index (χ1v) is 11.0. The van der Waals surface area contributed by atoms with Gasteiger partial charge in [-0.3, -0.25) is 9.48 Å². The third-order valence-electron chi connectivity index (χ3n) is 5.96. The van der Waals surface area contributed by atoms with Crippen LogP contribution in [0.5, 0.6) is 0 Å². The van der Waals surface area contributed by atoms with E-state index in [-0.39, 0.29) is 5.91 Å². The second-order valence-electron chi connectivity index (χ2n) is 7.88. The Morgan fingerprint density at radius 3 is 2.97 bits per heavy atom. The minimum Gasteiger partial charge on any atom is -0.347 e. The molecule has 0 spiro atoms. The summed E-state index contributed by atoms with van der Waals surface area (Å²) in [4.78, 5) is 18.3. The van der Waals surface area contributed by atoms with Crippen molar-refractivity contribution in [2.45, 2.75) is 31.5 Å². The third-order valence-corrected chi connectivity index (χ3v) is 7.14. The van der Waals surface area contributed by atoms with E-state index in [1.807, 2.05) is 66.3 Å². The number of rotatable bonds is 5. The number of amides is 1. The highest BCUT2D eigenvalue weighted by atomic mass is 32.2. The van der Waals surface area contributed by atoms with Crippen molar-refractivity contribution in [1.82, 2.24) is 33.5 Å². The maximum atomic E-state index is 13.0. The van der Waals surface area contributed by atoms with Gasteiger partial charge in [0.05, 0.1) is 30.3 Å². The largest absolute Gasteiger partial charge is 0.347 e. The first kappa shape index (κ1) is 19.9. The monoisotopic (exact) mass is 435 g/mol. The van der Waals surface area contributed by atoms with Gasteiger partial charge in [-0.25, -0.2) is 9.29 Å². The lowest BCUT2D eigenvalue weighted by atomic mass is 10.1. The topological polar surface area (TPSA) is 72.9 Å². The second kappa shape index (κ2) is 7.90. The molecule has 9 heteroatoms. The van der Waals surface area contributed by atoms with Crippen LogP contribution < -0.4 is 5.32 Å². The number of aromatic nitrogens is 5. The number of para-hydroxylation sites is 1. The number of imidazole rings is 1. The van der Waals surface area contributed by atoms with Crippen molar-refractivity contribution in [3.05, 3.63) is 65.6 Å². The highest BCUT2D eigenvalue weighted by Crippen LogP contribution is 2.31. The number of fused-ring (bicyclic) bond motifs is 2. The lowest BCUT2D eigenvalue weighted by Crippen LogP contribution is -2.27. The summed E-state index contributed by atoms with van der Waals surface area (Å²) in [6.45, 7) is 5.23. The van der Waals surface area contributed by atoms with Gasteiger partial charge in [0.1, 0.15) is 5.69 Å². The van der Waals surface area contributed by atoms with E-state index in [0.717, 1.165) is 46.7 Å². The molecule has 1 aliphatic rings. The molecule has 0 bridgehead atoms. The minimum atomic E-state index is -0.0756. The van der Waals surface area contributed by atoms with Gasteiger partial charge in [-0.05, 0) is 30.5 Å². The lowest BCUT2D eigenvalue weighted by Gasteiger charge is -2.26. The number of hydrogen-bond donors (Lipinski definition) is 1. The van der Waals surface area contributed by atoms with Crippen LogP contribution >= 0.6 is 11.9 Å². The van der Waals surface area contributed by atoms with Crippen LogP contribution in [0.15, 0.2) is 47.9 Å². The molecule has 0 atom stereocenters. The average molecular weight is 436 g/mol. The summed E-state index contributed by atoms with van der Waals surface area (Å²) >= 11 is 1.71. The number of hydrogen-bond acceptors (Lipinski definition) is 5. The number of aryl methyl sites for hydroxylation is 1. The van der Waals surface area contributed by atoms with E-state index in [1.54, 1.807) is 11.9 Å². The Bertz CT molecular complexity index is 1270. The maximum Gasteiger partial charge on any atom is 0.268 e. The van der Waals surface area contributed by atoms with Gasteiger partial charge in [0, 0.05) is 55.9 Å². The molecule has 0 unspecified atom stereocenters. The predicted octanol–water partition coefficient (Wildman–Crippen LogP) is 2.87. The molecule has 0 fully saturated rings. The molecule has 0 aliphatic carbocycles. The van der Waals surface area contributed by atoms with E-state index in [2.05, 4.69) is 31.2 Å². The molecule has 8 nitrogen and oxygen atoms in total. The summed E-state index contributed by atoms with van der Waals surface area (Å²) in [5.74, 6) is -0.0756. The van der Waals surface area contributed by atoms with Crippen molar-refractivity contribution >= 4 is 28.8 Å². The van der Waals surface area contributed by atoms with E-state index in [1.165, 1.54) is 5.69 Å². The summed E-state index contributed by atoms with van der Waals surface area (Å²) in [5, 5.41) is 8.48. The van der Waals surface area contributed by atoms with Crippen molar-refractivity contribution in [1.29, 1.82) is 0 Å². The molecular weight excluding hydrogens is 410 g/mol. The Morgan fingerprint density at radius 2 is 2.10 bits per heavy atom. The van der Waals surface area contributed by atoms with E-state index in [4.69, 9.17) is 0 Å². The molecule has 0 saturated heterocycles. The fraction of sp³-hybridized carbons (Fsp3) is 0.318. The van der Waals surface area contributed by atoms with Crippen molar-refractivity contribution < 1.29 is 4.79 Å². The molecule has 31 heavy (non-hydrogen) atoms. The molecule has 1 amide bonds. The first-order chi connectivity index (χ1) is 15.0. The summed E-state index contributed by atoms with van der Waals surface area (Å²) in [7, 11) is 3.87. The van der Waals surface area contributed by atoms with E-state index in [9.17, 15) is 4.79 Å². The van der Waals surface area contributed by atoms with E-state index in [0.29, 0.717) is 12.2 Å². The standard InChI is InChI=1S/C22H25N7OS/c1-15-20(31-29-8-7-28-14-23-12-18(28)13-29)9-19(26(15)2)22(30)24-10-16-5-4-6-17-11-25-27(3)21(16)17/h4-6,9,11-12,14H,7-8,10,13H2,1-3H3,(H,24,30). The quantitative estimate of drug-likeness (QED) is 0.488. The number of carbonyl (C=O) groups excluding carboxylic acids is 1. The molecule has 4 heterocycles. The molecule has 160 valence electrons. The average Bonchev–Trinajstić information content (AvgIpc) is 3.46. The van der Waals surface area contributed by atoms with E-state index < -0.39 is 0 Å². The van der Waals surface area contributed by atoms with Crippen molar-refractivity contribution in [2.75, 3.05) is 6.54 Å². The zero-order valence-electron chi connectivity index (χ0n) is 17.9. The van der Waals surface area contributed by atoms with Crippen LogP contribution in [-0.2, 0) is 33.7 Å². The molecule has 1 N–H and O–H groups in total. The zero-order valence-corrected chi connectivity index (χ0v) is 18.7. The SMILES string of the molecule is Cc1c(SN2CCn3cncc3C2)cc(C(=O)NCc2cccc3cnn(C)c23)n1C. The van der Waals surface area contributed by atoms with Gasteiger partial charge in [0.15, 0.2) is 0 Å². The maximum absolute atomic E-state index is 13.0. The van der Waals surface area contributed by atoms with Crippen LogP contribution in [-0.4, -0.2) is 40.7 Å². The van der Waals surface area contributed by atoms with Gasteiger partial charge < -0.3 is 14.5 Å². The molecule has 4 aromatic rings. The Labute approximate surface area is 185 Å². The van der Waals surface area contributed by atoms with Gasteiger partial charge in [-0.15, -0.1) is 0 Å². The van der Waals surface area contributed by atoms with Crippen molar-refractivity contribution in [3.63, 3.8) is 0 Å². The molecule has 0 saturated carbocycles. The number of nitrogens with zero attached hydrogens (tertiary/aromatic N) is 6. The van der Waals surface area contributed by atoms with Crippen molar-refractivity contribution in [2.24, 2.45) is 14.1 Å². The molecule has 1 aromatic carbocycles. The molecule has 3 aromatic heterocycles. The minimum absolute atomic E-state index is 0.0756. The van der Waals surface area contributed by atoms with Crippen LogP contribution in [0.4, 0.5) is 0 Å². The summed E-state index contributed by atoms with van der Waals surface area (Å²) in [6.07, 6.45) is 5.66. The van der Waals surface area contributed by atoms with Crippen LogP contribution in [0, 0.1) is 6.92 Å². The van der Waals surface area contributed by atoms with Gasteiger partial charge in [-0.2, -0.15) is 5.10 Å². The smallest absolute Gasteiger partial charge is 0.268 e. The highest BCUT2D eigenvalue weighted by molar-refractivity contribution is 7.97. The lowest BCUT2D eigenvalue weighted by molar-refractivity contribution is 0.0942. The fourth-order valence-corrected chi connectivity index (χ4v) is 5.17. The Kier molecular flexibility index (Phi) is 5.07. The Hall–Kier alpha value is -3.04. The number of carbonyl (C=O) groups is 1. The normalized spacial score (nSPS) is 14.2. The van der Waals surface area contributed by atoms with Gasteiger partial charge in [0.2, 0.25) is 0 Å². The third kappa shape index (κ3) is 3.64. The predicted molar refractivity (Wildman–Crippen MR) is 121 cm³/mol. The summed E-state index contributed by atoms with van der Waals surface area (Å²) in [6, 6.07) is 8.05. The summed E-state index contributed by atoms with van der Waals surface area (Å²) in [5.41, 5.74) is 5.07. The van der Waals surface area contributed by atoms with Crippen LogP contribution in [0.1, 0.15) is 27.4 Å². The second-order valence-corrected chi connectivity index (χ2v) is 9.02. The zero-order chi connectivity index (χ0) is 21.5.